The molecular formula is C13H21N3O. The minimum Gasteiger partial charge on any atom is -0.285 e. The van der Waals surface area contributed by atoms with Crippen molar-refractivity contribution in [3.63, 3.8) is 0 Å². The van der Waals surface area contributed by atoms with Gasteiger partial charge >= 0.3 is 0 Å². The van der Waals surface area contributed by atoms with E-state index in [2.05, 4.69) is 17.2 Å². The van der Waals surface area contributed by atoms with Gasteiger partial charge in [0.1, 0.15) is 0 Å². The van der Waals surface area contributed by atoms with E-state index in [1.165, 1.54) is 36.8 Å². The van der Waals surface area contributed by atoms with Gasteiger partial charge in [-0.1, -0.05) is 39.0 Å². The molecule has 94 valence electrons. The van der Waals surface area contributed by atoms with Crippen LogP contribution in [0.1, 0.15) is 45.4 Å². The Bertz CT molecular complexity index is 364. The number of rotatable bonds is 8. The van der Waals surface area contributed by atoms with Crippen LogP contribution < -0.4 is 5.36 Å². The normalized spacial score (nSPS) is 10.2. The van der Waals surface area contributed by atoms with Crippen LogP contribution in [0.15, 0.2) is 34.8 Å². The van der Waals surface area contributed by atoms with Crippen molar-refractivity contribution >= 4 is 0 Å². The molecule has 1 aromatic rings. The number of hydrogen-bond donors (Lipinski definition) is 0. The summed E-state index contributed by atoms with van der Waals surface area (Å²) in [5.74, 6) is 0. The molecule has 0 atom stereocenters. The molecule has 0 aliphatic heterocycles. The molecule has 0 bridgehead atoms. The third kappa shape index (κ3) is 6.00. The predicted octanol–water partition coefficient (Wildman–Crippen LogP) is 3.28. The van der Waals surface area contributed by atoms with Gasteiger partial charge < -0.3 is 0 Å². The fraction of sp³-hybridized carbons (Fsp3) is 0.615. The number of pyridine rings is 1. The minimum absolute atomic E-state index is 0.866. The molecule has 1 rings (SSSR count). The quantitative estimate of drug-likeness (QED) is 0.504. The Kier molecular flexibility index (Phi) is 6.95. The van der Waals surface area contributed by atoms with Gasteiger partial charge in [-0.05, 0) is 18.6 Å². The molecule has 0 aliphatic carbocycles. The molecule has 0 aromatic carbocycles. The van der Waals surface area contributed by atoms with E-state index in [0.29, 0.717) is 0 Å². The molecule has 0 saturated carbocycles. The molecule has 0 N–H and O–H groups in total. The highest BCUT2D eigenvalue weighted by molar-refractivity contribution is 4.92. The van der Waals surface area contributed by atoms with E-state index in [1.54, 1.807) is 24.5 Å². The summed E-state index contributed by atoms with van der Waals surface area (Å²) in [6.07, 6.45) is 10.9. The number of hydrogen-bond acceptors (Lipinski definition) is 3. The first kappa shape index (κ1) is 13.6. The van der Waals surface area contributed by atoms with Gasteiger partial charge in [-0.3, -0.25) is 4.99 Å². The molecule has 4 heteroatoms. The van der Waals surface area contributed by atoms with Crippen LogP contribution in [0, 0.1) is 4.91 Å². The second-order valence-electron chi connectivity index (χ2n) is 4.17. The topological polar surface area (TPSA) is 46.7 Å². The SMILES string of the molecule is CCCCCCCCN=c1ccn(N=O)cc1. The number of nitrogens with zero attached hydrogens (tertiary/aromatic N) is 3. The Morgan fingerprint density at radius 3 is 2.35 bits per heavy atom. The summed E-state index contributed by atoms with van der Waals surface area (Å²) < 4.78 is 1.23. The van der Waals surface area contributed by atoms with Crippen molar-refractivity contribution in [2.24, 2.45) is 10.3 Å². The van der Waals surface area contributed by atoms with Crippen molar-refractivity contribution < 1.29 is 0 Å². The zero-order valence-electron chi connectivity index (χ0n) is 10.5. The van der Waals surface area contributed by atoms with Crippen LogP contribution in [0.5, 0.6) is 0 Å². The summed E-state index contributed by atoms with van der Waals surface area (Å²) >= 11 is 0. The van der Waals surface area contributed by atoms with Crippen LogP contribution in [-0.2, 0) is 0 Å². The molecular weight excluding hydrogens is 214 g/mol. The van der Waals surface area contributed by atoms with Crippen LogP contribution in [0.3, 0.4) is 0 Å². The lowest BCUT2D eigenvalue weighted by Gasteiger charge is -1.97. The summed E-state index contributed by atoms with van der Waals surface area (Å²) in [5.41, 5.74) is 0. The van der Waals surface area contributed by atoms with E-state index in [4.69, 9.17) is 0 Å². The van der Waals surface area contributed by atoms with Crippen molar-refractivity contribution in [3.05, 3.63) is 34.8 Å². The first-order valence-electron chi connectivity index (χ1n) is 6.39. The summed E-state index contributed by atoms with van der Waals surface area (Å²) in [6, 6.07) is 3.61. The minimum atomic E-state index is 0.866. The summed E-state index contributed by atoms with van der Waals surface area (Å²) in [6.45, 7) is 3.09. The largest absolute Gasteiger partial charge is 0.285 e. The van der Waals surface area contributed by atoms with Crippen molar-refractivity contribution in [1.82, 2.24) is 4.68 Å². The molecule has 0 fully saturated rings. The van der Waals surface area contributed by atoms with Crippen molar-refractivity contribution in [1.29, 1.82) is 0 Å². The molecule has 17 heavy (non-hydrogen) atoms. The molecule has 0 saturated heterocycles. The lowest BCUT2D eigenvalue weighted by molar-refractivity contribution is 0.610. The zero-order chi connectivity index (χ0) is 12.3. The van der Waals surface area contributed by atoms with Gasteiger partial charge in [0, 0.05) is 18.9 Å². The maximum Gasteiger partial charge on any atom is 0.0613 e. The molecule has 0 amide bonds. The van der Waals surface area contributed by atoms with Gasteiger partial charge in [-0.15, -0.1) is 4.91 Å². The van der Waals surface area contributed by atoms with Crippen LogP contribution in [0.4, 0.5) is 0 Å². The zero-order valence-corrected chi connectivity index (χ0v) is 10.5. The second kappa shape index (κ2) is 8.67. The Labute approximate surface area is 102 Å². The molecule has 1 aromatic heterocycles. The summed E-state index contributed by atoms with van der Waals surface area (Å²) in [7, 11) is 0. The number of unbranched alkanes of at least 4 members (excludes halogenated alkanes) is 5. The average molecular weight is 235 g/mol. The van der Waals surface area contributed by atoms with Gasteiger partial charge in [0.2, 0.25) is 0 Å². The molecule has 0 unspecified atom stereocenters. The Hall–Kier alpha value is -1.45. The van der Waals surface area contributed by atoms with Gasteiger partial charge in [0.15, 0.2) is 0 Å². The maximum atomic E-state index is 10.2. The lowest BCUT2D eigenvalue weighted by atomic mass is 10.1. The first-order valence-corrected chi connectivity index (χ1v) is 6.39. The Morgan fingerprint density at radius 1 is 1.06 bits per heavy atom. The standard InChI is InChI=1S/C13H21N3O/c1-2-3-4-5-6-7-10-14-13-8-11-16(15-17)12-9-13/h8-9,11-12H,2-7,10H2,1H3. The van der Waals surface area contributed by atoms with Crippen LogP contribution >= 0.6 is 0 Å². The number of nitroso groups, excluding NO2 is 1. The molecule has 1 heterocycles. The monoisotopic (exact) mass is 235 g/mol. The fourth-order valence-electron chi connectivity index (χ4n) is 1.67. The highest BCUT2D eigenvalue weighted by Crippen LogP contribution is 2.04. The third-order valence-corrected chi connectivity index (χ3v) is 2.70. The van der Waals surface area contributed by atoms with Crippen LogP contribution in [0.25, 0.3) is 0 Å². The smallest absolute Gasteiger partial charge is 0.0613 e. The van der Waals surface area contributed by atoms with Gasteiger partial charge in [0.05, 0.1) is 10.6 Å². The number of aromatic nitrogens is 1. The van der Waals surface area contributed by atoms with Crippen LogP contribution in [-0.4, -0.2) is 11.2 Å². The van der Waals surface area contributed by atoms with E-state index < -0.39 is 0 Å². The van der Waals surface area contributed by atoms with Gasteiger partial charge in [-0.25, -0.2) is 4.68 Å². The highest BCUT2D eigenvalue weighted by atomic mass is 16.3. The van der Waals surface area contributed by atoms with Crippen molar-refractivity contribution in [2.45, 2.75) is 45.4 Å². The summed E-state index contributed by atoms with van der Waals surface area (Å²) in [4.78, 5) is 14.6. The Balaban J connectivity index is 2.21. The van der Waals surface area contributed by atoms with E-state index in [-0.39, 0.29) is 0 Å². The first-order chi connectivity index (χ1) is 8.36. The van der Waals surface area contributed by atoms with Gasteiger partial charge in [-0.2, -0.15) is 0 Å². The second-order valence-corrected chi connectivity index (χ2v) is 4.17. The van der Waals surface area contributed by atoms with E-state index >= 15 is 0 Å². The maximum absolute atomic E-state index is 10.2. The molecule has 4 nitrogen and oxygen atoms in total. The van der Waals surface area contributed by atoms with Crippen LogP contribution in [0.2, 0.25) is 0 Å². The Morgan fingerprint density at radius 2 is 1.71 bits per heavy atom. The highest BCUT2D eigenvalue weighted by Gasteiger charge is 1.89. The fourth-order valence-corrected chi connectivity index (χ4v) is 1.67. The van der Waals surface area contributed by atoms with Crippen molar-refractivity contribution in [3.8, 4) is 0 Å². The van der Waals surface area contributed by atoms with E-state index in [0.717, 1.165) is 18.3 Å². The summed E-state index contributed by atoms with van der Waals surface area (Å²) in [5, 5.41) is 3.69. The van der Waals surface area contributed by atoms with E-state index in [9.17, 15) is 4.91 Å². The predicted molar refractivity (Wildman–Crippen MR) is 69.4 cm³/mol. The van der Waals surface area contributed by atoms with Crippen molar-refractivity contribution in [2.75, 3.05) is 6.54 Å². The van der Waals surface area contributed by atoms with Gasteiger partial charge in [0.25, 0.3) is 0 Å². The average Bonchev–Trinajstić information content (AvgIpc) is 2.38. The molecule has 0 spiro atoms. The van der Waals surface area contributed by atoms with E-state index in [1.807, 2.05) is 0 Å². The lowest BCUT2D eigenvalue weighted by Crippen LogP contribution is -2.03. The molecule has 0 radical (unpaired) electrons. The molecule has 0 aliphatic rings. The third-order valence-electron chi connectivity index (χ3n) is 2.70.